The molecule has 0 N–H and O–H groups in total. The van der Waals surface area contributed by atoms with Crippen molar-refractivity contribution in [2.45, 2.75) is 44.9 Å². The lowest BCUT2D eigenvalue weighted by molar-refractivity contribution is 0.115. The summed E-state index contributed by atoms with van der Waals surface area (Å²) in [6.45, 7) is 8.47. The maximum atomic E-state index is 4.29. The highest BCUT2D eigenvalue weighted by Gasteiger charge is 2.43. The van der Waals surface area contributed by atoms with Crippen molar-refractivity contribution in [2.24, 2.45) is 23.7 Å². The van der Waals surface area contributed by atoms with Gasteiger partial charge >= 0.3 is 0 Å². The second kappa shape index (κ2) is 3.50. The first-order valence-electron chi connectivity index (χ1n) is 6.64. The summed E-state index contributed by atoms with van der Waals surface area (Å²) in [4.78, 5) is 0. The number of allylic oxidation sites excluding steroid dienone is 2. The number of hydrogen-bond donors (Lipinski definition) is 0. The Labute approximate surface area is 93.5 Å². The van der Waals surface area contributed by atoms with Crippen LogP contribution >= 0.6 is 0 Å². The highest BCUT2D eigenvalue weighted by atomic mass is 14.5. The molecule has 0 aromatic heterocycles. The summed E-state index contributed by atoms with van der Waals surface area (Å²) < 4.78 is 0. The average Bonchev–Trinajstić information content (AvgIpc) is 2.71. The molecule has 0 radical (unpaired) electrons. The van der Waals surface area contributed by atoms with Crippen LogP contribution in [0.25, 0.3) is 0 Å². The highest BCUT2D eigenvalue weighted by Crippen LogP contribution is 2.54. The van der Waals surface area contributed by atoms with E-state index < -0.39 is 0 Å². The molecule has 3 fully saturated rings. The predicted molar refractivity (Wildman–Crippen MR) is 64.6 cm³/mol. The van der Waals surface area contributed by atoms with E-state index in [1.807, 2.05) is 0 Å². The lowest BCUT2D eigenvalue weighted by Crippen LogP contribution is -2.35. The van der Waals surface area contributed by atoms with Crippen LogP contribution in [-0.4, -0.2) is 0 Å². The zero-order valence-electron chi connectivity index (χ0n) is 9.67. The summed E-state index contributed by atoms with van der Waals surface area (Å²) in [7, 11) is 0. The second-order valence-electron chi connectivity index (χ2n) is 5.87. The van der Waals surface area contributed by atoms with Crippen LogP contribution < -0.4 is 0 Å². The van der Waals surface area contributed by atoms with E-state index in [0.29, 0.717) is 0 Å². The minimum Gasteiger partial charge on any atom is -0.0956 e. The van der Waals surface area contributed by atoms with Gasteiger partial charge in [0.2, 0.25) is 0 Å². The van der Waals surface area contributed by atoms with Gasteiger partial charge in [0.15, 0.2) is 0 Å². The first-order chi connectivity index (χ1) is 7.27. The van der Waals surface area contributed by atoms with E-state index in [4.69, 9.17) is 0 Å². The third-order valence-corrected chi connectivity index (χ3v) is 5.31. The lowest BCUT2D eigenvalue weighted by Gasteiger charge is -2.45. The smallest absolute Gasteiger partial charge is 0.0134 e. The van der Waals surface area contributed by atoms with E-state index in [-0.39, 0.29) is 0 Å². The van der Waals surface area contributed by atoms with Gasteiger partial charge < -0.3 is 0 Å². The molecule has 3 rings (SSSR count). The van der Waals surface area contributed by atoms with Gasteiger partial charge in [-0.05, 0) is 61.3 Å². The molecule has 0 saturated heterocycles. The van der Waals surface area contributed by atoms with Crippen molar-refractivity contribution in [1.29, 1.82) is 0 Å². The molecule has 0 bridgehead atoms. The van der Waals surface area contributed by atoms with E-state index in [0.717, 1.165) is 23.7 Å². The fourth-order valence-corrected chi connectivity index (χ4v) is 4.51. The van der Waals surface area contributed by atoms with Gasteiger partial charge in [-0.25, -0.2) is 0 Å². The normalized spacial score (nSPS) is 45.1. The quantitative estimate of drug-likeness (QED) is 0.548. The second-order valence-corrected chi connectivity index (χ2v) is 5.87. The van der Waals surface area contributed by atoms with Crippen LogP contribution in [0.5, 0.6) is 0 Å². The third kappa shape index (κ3) is 1.41. The molecule has 0 spiro atoms. The van der Waals surface area contributed by atoms with Gasteiger partial charge in [0.1, 0.15) is 0 Å². The van der Waals surface area contributed by atoms with Crippen molar-refractivity contribution in [2.75, 3.05) is 0 Å². The highest BCUT2D eigenvalue weighted by molar-refractivity contribution is 5.31. The molecule has 4 unspecified atom stereocenters. The first kappa shape index (κ1) is 9.69. The molecule has 82 valence electrons. The van der Waals surface area contributed by atoms with E-state index in [9.17, 15) is 0 Å². The fourth-order valence-electron chi connectivity index (χ4n) is 4.51. The molecule has 0 heterocycles. The molecule has 3 aliphatic rings. The molecule has 0 amide bonds. The van der Waals surface area contributed by atoms with Gasteiger partial charge in [0.05, 0.1) is 0 Å². The molecule has 0 aromatic carbocycles. The van der Waals surface area contributed by atoms with Crippen molar-refractivity contribution >= 4 is 0 Å². The summed E-state index contributed by atoms with van der Waals surface area (Å²) in [5, 5.41) is 0. The van der Waals surface area contributed by atoms with Gasteiger partial charge in [0.25, 0.3) is 0 Å². The summed E-state index contributed by atoms with van der Waals surface area (Å²) in [6.07, 6.45) is 10.0. The Morgan fingerprint density at radius 2 is 1.73 bits per heavy atom. The lowest BCUT2D eigenvalue weighted by atomic mass is 9.60. The average molecular weight is 202 g/mol. The Morgan fingerprint density at radius 3 is 2.60 bits per heavy atom. The largest absolute Gasteiger partial charge is 0.0956 e. The van der Waals surface area contributed by atoms with Gasteiger partial charge in [-0.2, -0.15) is 0 Å². The Balaban J connectivity index is 1.84. The van der Waals surface area contributed by atoms with Gasteiger partial charge in [-0.1, -0.05) is 31.6 Å². The minimum atomic E-state index is 0.811. The van der Waals surface area contributed by atoms with Gasteiger partial charge in [-0.3, -0.25) is 0 Å². The SMILES string of the molecule is C=C1CCC2C(CCC3CCCC32)C1=C. The van der Waals surface area contributed by atoms with Gasteiger partial charge in [0, 0.05) is 0 Å². The van der Waals surface area contributed by atoms with Crippen LogP contribution in [0.2, 0.25) is 0 Å². The van der Waals surface area contributed by atoms with Crippen LogP contribution in [0.4, 0.5) is 0 Å². The minimum absolute atomic E-state index is 0.811. The molecule has 0 aromatic rings. The van der Waals surface area contributed by atoms with Crippen molar-refractivity contribution < 1.29 is 0 Å². The molecular formula is C15H22. The zero-order valence-corrected chi connectivity index (χ0v) is 9.67. The molecule has 3 saturated carbocycles. The number of rotatable bonds is 0. The first-order valence-corrected chi connectivity index (χ1v) is 6.64. The van der Waals surface area contributed by atoms with Crippen molar-refractivity contribution in [3.63, 3.8) is 0 Å². The summed E-state index contributed by atoms with van der Waals surface area (Å²) >= 11 is 0. The zero-order chi connectivity index (χ0) is 10.4. The van der Waals surface area contributed by atoms with Crippen LogP contribution in [-0.2, 0) is 0 Å². The monoisotopic (exact) mass is 202 g/mol. The van der Waals surface area contributed by atoms with E-state index >= 15 is 0 Å². The Hall–Kier alpha value is -0.520. The third-order valence-electron chi connectivity index (χ3n) is 5.31. The summed E-state index contributed by atoms with van der Waals surface area (Å²) in [5.74, 6) is 3.91. The van der Waals surface area contributed by atoms with Crippen molar-refractivity contribution in [1.82, 2.24) is 0 Å². The summed E-state index contributed by atoms with van der Waals surface area (Å²) in [6, 6.07) is 0. The molecule has 0 nitrogen and oxygen atoms in total. The Bertz CT molecular complexity index is 299. The van der Waals surface area contributed by atoms with Gasteiger partial charge in [-0.15, -0.1) is 0 Å². The van der Waals surface area contributed by atoms with Crippen LogP contribution in [0.15, 0.2) is 24.3 Å². The van der Waals surface area contributed by atoms with Crippen molar-refractivity contribution in [3.05, 3.63) is 24.3 Å². The number of fused-ring (bicyclic) bond motifs is 3. The standard InChI is InChI=1S/C15H22/c1-10-6-8-15-13(11(10)2)9-7-12-4-3-5-14(12)15/h12-15H,1-9H2. The van der Waals surface area contributed by atoms with Crippen molar-refractivity contribution in [3.8, 4) is 0 Å². The molecule has 0 aliphatic heterocycles. The topological polar surface area (TPSA) is 0 Å². The number of hydrogen-bond acceptors (Lipinski definition) is 0. The van der Waals surface area contributed by atoms with E-state index in [2.05, 4.69) is 13.2 Å². The molecule has 3 aliphatic carbocycles. The fraction of sp³-hybridized carbons (Fsp3) is 0.733. The maximum Gasteiger partial charge on any atom is -0.0134 e. The van der Waals surface area contributed by atoms with E-state index in [1.54, 1.807) is 0 Å². The Kier molecular flexibility index (Phi) is 2.26. The predicted octanol–water partition coefficient (Wildman–Crippen LogP) is 4.34. The molecule has 4 atom stereocenters. The van der Waals surface area contributed by atoms with E-state index in [1.165, 1.54) is 56.1 Å². The maximum absolute atomic E-state index is 4.29. The van der Waals surface area contributed by atoms with Crippen LogP contribution in [0.3, 0.4) is 0 Å². The van der Waals surface area contributed by atoms with Crippen LogP contribution in [0.1, 0.15) is 44.9 Å². The molecule has 15 heavy (non-hydrogen) atoms. The summed E-state index contributed by atoms with van der Waals surface area (Å²) in [5.41, 5.74) is 2.77. The molecule has 0 heteroatoms. The Morgan fingerprint density at radius 1 is 0.867 bits per heavy atom. The van der Waals surface area contributed by atoms with Crippen LogP contribution in [0, 0.1) is 23.7 Å². The molecular weight excluding hydrogens is 180 g/mol.